The maximum atomic E-state index is 12.6. The Kier molecular flexibility index (Phi) is 4.43. The van der Waals surface area contributed by atoms with Crippen molar-refractivity contribution in [2.75, 3.05) is 20.1 Å². The summed E-state index contributed by atoms with van der Waals surface area (Å²) in [4.78, 5) is 13.7. The van der Waals surface area contributed by atoms with Crippen LogP contribution in [-0.4, -0.2) is 30.8 Å². The molecule has 1 rings (SSSR count). The Morgan fingerprint density at radius 2 is 1.93 bits per heavy atom. The first kappa shape index (κ1) is 11.9. The van der Waals surface area contributed by atoms with Gasteiger partial charge in [0.25, 0.3) is 0 Å². The van der Waals surface area contributed by atoms with Crippen molar-refractivity contribution in [1.29, 1.82) is 0 Å². The minimum absolute atomic E-state index is 0.0651. The Hall–Kier alpha value is -1.22. The summed E-state index contributed by atoms with van der Waals surface area (Å²) < 4.78 is 12.6. The summed E-state index contributed by atoms with van der Waals surface area (Å²) in [6.45, 7) is 3.71. The van der Waals surface area contributed by atoms with Gasteiger partial charge in [0, 0.05) is 18.5 Å². The monoisotopic (exact) mass is 209 g/mol. The van der Waals surface area contributed by atoms with Crippen LogP contribution in [0, 0.1) is 5.82 Å². The minimum Gasteiger partial charge on any atom is -0.306 e. The fourth-order valence-corrected chi connectivity index (χ4v) is 1.23. The molecule has 0 aliphatic rings. The van der Waals surface area contributed by atoms with Gasteiger partial charge >= 0.3 is 0 Å². The van der Waals surface area contributed by atoms with Crippen LogP contribution in [-0.2, 0) is 0 Å². The third kappa shape index (κ3) is 3.80. The molecule has 0 radical (unpaired) electrons. The van der Waals surface area contributed by atoms with Crippen LogP contribution in [0.3, 0.4) is 0 Å². The number of hydrogen-bond acceptors (Lipinski definition) is 2. The molecule has 82 valence electrons. The average Bonchev–Trinajstić information content (AvgIpc) is 2.26. The van der Waals surface area contributed by atoms with E-state index in [4.69, 9.17) is 0 Å². The second-order valence-electron chi connectivity index (χ2n) is 3.58. The van der Waals surface area contributed by atoms with E-state index in [0.717, 1.165) is 13.1 Å². The van der Waals surface area contributed by atoms with E-state index in [-0.39, 0.29) is 11.6 Å². The van der Waals surface area contributed by atoms with Gasteiger partial charge in [-0.3, -0.25) is 4.79 Å². The summed E-state index contributed by atoms with van der Waals surface area (Å²) in [5.74, 6) is -0.243. The van der Waals surface area contributed by atoms with Crippen molar-refractivity contribution in [2.45, 2.75) is 13.3 Å². The maximum absolute atomic E-state index is 12.6. The van der Waals surface area contributed by atoms with E-state index >= 15 is 0 Å². The molecule has 0 aliphatic heterocycles. The van der Waals surface area contributed by atoms with E-state index in [1.165, 1.54) is 24.3 Å². The van der Waals surface area contributed by atoms with E-state index in [9.17, 15) is 9.18 Å². The van der Waals surface area contributed by atoms with Crippen molar-refractivity contribution in [1.82, 2.24) is 4.90 Å². The van der Waals surface area contributed by atoms with E-state index in [1.807, 2.05) is 14.0 Å². The molecule has 0 spiro atoms. The third-order valence-electron chi connectivity index (χ3n) is 2.43. The van der Waals surface area contributed by atoms with Crippen LogP contribution in [0.15, 0.2) is 24.3 Å². The molecule has 0 N–H and O–H groups in total. The Bertz CT molecular complexity index is 321. The molecule has 0 aliphatic carbocycles. The number of benzene rings is 1. The first-order valence-electron chi connectivity index (χ1n) is 5.10. The first-order valence-corrected chi connectivity index (χ1v) is 5.10. The zero-order valence-electron chi connectivity index (χ0n) is 9.16. The SMILES string of the molecule is CCN(C)CCC(=O)c1ccc(F)cc1. The molecule has 1 aromatic rings. The third-order valence-corrected chi connectivity index (χ3v) is 2.43. The average molecular weight is 209 g/mol. The molecule has 0 fully saturated rings. The Morgan fingerprint density at radius 3 is 2.47 bits per heavy atom. The van der Waals surface area contributed by atoms with Crippen molar-refractivity contribution < 1.29 is 9.18 Å². The highest BCUT2D eigenvalue weighted by Crippen LogP contribution is 2.06. The molecule has 0 atom stereocenters. The van der Waals surface area contributed by atoms with E-state index in [2.05, 4.69) is 4.90 Å². The van der Waals surface area contributed by atoms with Crippen LogP contribution < -0.4 is 0 Å². The summed E-state index contributed by atoms with van der Waals surface area (Å²) in [5, 5.41) is 0. The first-order chi connectivity index (χ1) is 7.13. The topological polar surface area (TPSA) is 20.3 Å². The smallest absolute Gasteiger partial charge is 0.164 e. The lowest BCUT2D eigenvalue weighted by atomic mass is 10.1. The maximum Gasteiger partial charge on any atom is 0.164 e. The lowest BCUT2D eigenvalue weighted by molar-refractivity contribution is 0.0970. The number of ketones is 1. The highest BCUT2D eigenvalue weighted by molar-refractivity contribution is 5.96. The number of carbonyl (C=O) groups excluding carboxylic acids is 1. The van der Waals surface area contributed by atoms with E-state index < -0.39 is 0 Å². The quantitative estimate of drug-likeness (QED) is 0.694. The Balaban J connectivity index is 2.50. The molecule has 0 amide bonds. The summed E-state index contributed by atoms with van der Waals surface area (Å²) in [7, 11) is 1.97. The van der Waals surface area contributed by atoms with Crippen molar-refractivity contribution in [2.24, 2.45) is 0 Å². The molecular formula is C12H16FNO. The highest BCUT2D eigenvalue weighted by atomic mass is 19.1. The standard InChI is InChI=1S/C12H16FNO/c1-3-14(2)9-8-12(15)10-4-6-11(13)7-5-10/h4-7H,3,8-9H2,1-2H3. The molecule has 15 heavy (non-hydrogen) atoms. The predicted molar refractivity (Wildman–Crippen MR) is 58.5 cm³/mol. The number of carbonyl (C=O) groups is 1. The van der Waals surface area contributed by atoms with Gasteiger partial charge in [-0.2, -0.15) is 0 Å². The van der Waals surface area contributed by atoms with E-state index in [0.29, 0.717) is 12.0 Å². The van der Waals surface area contributed by atoms with Gasteiger partial charge in [0.1, 0.15) is 5.82 Å². The van der Waals surface area contributed by atoms with Crippen molar-refractivity contribution in [3.63, 3.8) is 0 Å². The van der Waals surface area contributed by atoms with Gasteiger partial charge in [0.15, 0.2) is 5.78 Å². The van der Waals surface area contributed by atoms with Gasteiger partial charge in [-0.1, -0.05) is 6.92 Å². The Labute approximate surface area is 89.7 Å². The molecule has 1 aromatic carbocycles. The van der Waals surface area contributed by atoms with Crippen LogP contribution in [0.1, 0.15) is 23.7 Å². The highest BCUT2D eigenvalue weighted by Gasteiger charge is 2.06. The van der Waals surface area contributed by atoms with Crippen molar-refractivity contribution in [3.8, 4) is 0 Å². The zero-order valence-corrected chi connectivity index (χ0v) is 9.16. The molecule has 2 nitrogen and oxygen atoms in total. The molecule has 0 unspecified atom stereocenters. The van der Waals surface area contributed by atoms with Gasteiger partial charge in [-0.15, -0.1) is 0 Å². The fraction of sp³-hybridized carbons (Fsp3) is 0.417. The number of halogens is 1. The molecule has 0 saturated heterocycles. The van der Waals surface area contributed by atoms with Crippen LogP contribution in [0.4, 0.5) is 4.39 Å². The zero-order chi connectivity index (χ0) is 11.3. The fourth-order valence-electron chi connectivity index (χ4n) is 1.23. The minimum atomic E-state index is -0.308. The summed E-state index contributed by atoms with van der Waals surface area (Å²) >= 11 is 0. The van der Waals surface area contributed by atoms with Gasteiger partial charge in [-0.25, -0.2) is 4.39 Å². The Morgan fingerprint density at radius 1 is 1.33 bits per heavy atom. The molecule has 0 bridgehead atoms. The van der Waals surface area contributed by atoms with Crippen LogP contribution >= 0.6 is 0 Å². The van der Waals surface area contributed by atoms with Gasteiger partial charge in [0.05, 0.1) is 0 Å². The second kappa shape index (κ2) is 5.61. The normalized spacial score (nSPS) is 10.7. The van der Waals surface area contributed by atoms with Crippen molar-refractivity contribution in [3.05, 3.63) is 35.6 Å². The largest absolute Gasteiger partial charge is 0.306 e. The second-order valence-corrected chi connectivity index (χ2v) is 3.58. The van der Waals surface area contributed by atoms with E-state index in [1.54, 1.807) is 0 Å². The van der Waals surface area contributed by atoms with Gasteiger partial charge < -0.3 is 4.90 Å². The summed E-state index contributed by atoms with van der Waals surface area (Å²) in [6, 6.07) is 5.70. The van der Waals surface area contributed by atoms with Crippen LogP contribution in [0.5, 0.6) is 0 Å². The van der Waals surface area contributed by atoms with Gasteiger partial charge in [0.2, 0.25) is 0 Å². The van der Waals surface area contributed by atoms with Crippen LogP contribution in [0.25, 0.3) is 0 Å². The lowest BCUT2D eigenvalue weighted by Crippen LogP contribution is -2.21. The predicted octanol–water partition coefficient (Wildman–Crippen LogP) is 2.35. The van der Waals surface area contributed by atoms with Gasteiger partial charge in [-0.05, 0) is 37.9 Å². The molecule has 0 heterocycles. The summed E-state index contributed by atoms with van der Waals surface area (Å²) in [6.07, 6.45) is 0.482. The lowest BCUT2D eigenvalue weighted by Gasteiger charge is -2.12. The number of nitrogens with zero attached hydrogens (tertiary/aromatic N) is 1. The summed E-state index contributed by atoms with van der Waals surface area (Å²) in [5.41, 5.74) is 0.584. The molecule has 3 heteroatoms. The number of Topliss-reactive ketones (excluding diaryl/α,β-unsaturated/α-hetero) is 1. The van der Waals surface area contributed by atoms with Crippen LogP contribution in [0.2, 0.25) is 0 Å². The molecule has 0 aromatic heterocycles. The number of rotatable bonds is 5. The van der Waals surface area contributed by atoms with Crippen molar-refractivity contribution >= 4 is 5.78 Å². The number of hydrogen-bond donors (Lipinski definition) is 0. The molecule has 0 saturated carbocycles. The molecular weight excluding hydrogens is 193 g/mol.